The maximum absolute atomic E-state index is 5.35. The zero-order valence-electron chi connectivity index (χ0n) is 10.9. The lowest BCUT2D eigenvalue weighted by Gasteiger charge is -2.08. The highest BCUT2D eigenvalue weighted by atomic mass is 16.5. The summed E-state index contributed by atoms with van der Waals surface area (Å²) < 4.78 is 5.35. The van der Waals surface area contributed by atoms with Crippen molar-refractivity contribution >= 4 is 6.08 Å². The lowest BCUT2D eigenvalue weighted by molar-refractivity contribution is 0.413. The van der Waals surface area contributed by atoms with Crippen LogP contribution in [0.4, 0.5) is 0 Å². The molecule has 0 amide bonds. The molecule has 0 spiro atoms. The molecule has 0 bridgehead atoms. The van der Waals surface area contributed by atoms with Gasteiger partial charge >= 0.3 is 0 Å². The van der Waals surface area contributed by atoms with Gasteiger partial charge < -0.3 is 4.74 Å². The van der Waals surface area contributed by atoms with Crippen LogP contribution in [0.2, 0.25) is 0 Å². The van der Waals surface area contributed by atoms with Gasteiger partial charge in [-0.2, -0.15) is 0 Å². The normalized spacial score (nSPS) is 10.8. The summed E-state index contributed by atoms with van der Waals surface area (Å²) in [7, 11) is 1.71. The number of benzene rings is 2. The summed E-state index contributed by atoms with van der Waals surface area (Å²) in [5.74, 6) is 0.921. The summed E-state index contributed by atoms with van der Waals surface area (Å²) in [5, 5.41) is 0. The highest BCUT2D eigenvalue weighted by Crippen LogP contribution is 2.22. The molecule has 0 aliphatic carbocycles. The fourth-order valence-corrected chi connectivity index (χ4v) is 2.04. The summed E-state index contributed by atoms with van der Waals surface area (Å²) in [6, 6.07) is 16.8. The van der Waals surface area contributed by atoms with E-state index in [1.807, 2.05) is 25.1 Å². The lowest BCUT2D eigenvalue weighted by atomic mass is 10.0. The third kappa shape index (κ3) is 3.01. The molecule has 0 aliphatic rings. The van der Waals surface area contributed by atoms with Gasteiger partial charge in [0.2, 0.25) is 0 Å². The van der Waals surface area contributed by atoms with Crippen molar-refractivity contribution in [2.75, 3.05) is 7.11 Å². The van der Waals surface area contributed by atoms with E-state index < -0.39 is 0 Å². The van der Waals surface area contributed by atoms with Gasteiger partial charge in [-0.25, -0.2) is 0 Å². The Labute approximate surface area is 109 Å². The fourth-order valence-electron chi connectivity index (χ4n) is 2.04. The first-order valence-electron chi connectivity index (χ1n) is 6.17. The van der Waals surface area contributed by atoms with E-state index in [0.29, 0.717) is 0 Å². The molecule has 18 heavy (non-hydrogen) atoms. The molecule has 0 unspecified atom stereocenters. The minimum Gasteiger partial charge on any atom is -0.496 e. The second-order valence-electron chi connectivity index (χ2n) is 4.24. The molecular formula is C17H18O. The van der Waals surface area contributed by atoms with Gasteiger partial charge in [-0.15, -0.1) is 0 Å². The van der Waals surface area contributed by atoms with Crippen molar-refractivity contribution in [2.24, 2.45) is 0 Å². The highest BCUT2D eigenvalue weighted by molar-refractivity contribution is 5.58. The van der Waals surface area contributed by atoms with E-state index >= 15 is 0 Å². The van der Waals surface area contributed by atoms with Crippen molar-refractivity contribution in [1.29, 1.82) is 0 Å². The Hall–Kier alpha value is -2.02. The average Bonchev–Trinajstić information content (AvgIpc) is 2.41. The molecule has 2 aromatic rings. The summed E-state index contributed by atoms with van der Waals surface area (Å²) in [6.45, 7) is 2.02. The first-order valence-corrected chi connectivity index (χ1v) is 6.17. The van der Waals surface area contributed by atoms with Gasteiger partial charge in [-0.05, 0) is 36.6 Å². The van der Waals surface area contributed by atoms with Crippen LogP contribution in [0.15, 0.2) is 54.6 Å². The molecule has 0 fully saturated rings. The largest absolute Gasteiger partial charge is 0.496 e. The van der Waals surface area contributed by atoms with Gasteiger partial charge in [-0.3, -0.25) is 0 Å². The number of allylic oxidation sites excluding steroid dienone is 1. The number of hydrogen-bond acceptors (Lipinski definition) is 1. The van der Waals surface area contributed by atoms with Crippen LogP contribution >= 0.6 is 0 Å². The zero-order chi connectivity index (χ0) is 12.8. The molecule has 1 heteroatoms. The summed E-state index contributed by atoms with van der Waals surface area (Å²) in [6.07, 6.45) is 5.06. The molecule has 0 aromatic heterocycles. The summed E-state index contributed by atoms with van der Waals surface area (Å²) in [5.41, 5.74) is 3.76. The number of rotatable bonds is 4. The smallest absolute Gasteiger partial charge is 0.126 e. The Morgan fingerprint density at radius 2 is 1.78 bits per heavy atom. The van der Waals surface area contributed by atoms with Crippen LogP contribution in [-0.4, -0.2) is 7.11 Å². The van der Waals surface area contributed by atoms with E-state index in [0.717, 1.165) is 17.7 Å². The van der Waals surface area contributed by atoms with Crippen LogP contribution in [0.1, 0.15) is 23.6 Å². The molecule has 2 rings (SSSR count). The second-order valence-corrected chi connectivity index (χ2v) is 4.24. The number of methoxy groups -OCH3 is 1. The molecule has 0 saturated heterocycles. The summed E-state index contributed by atoms with van der Waals surface area (Å²) >= 11 is 0. The quantitative estimate of drug-likeness (QED) is 0.770. The SMILES string of the molecule is C/C=C/c1cc(Cc2ccccc2)ccc1OC. The minimum atomic E-state index is 0.921. The molecule has 0 heterocycles. The second kappa shape index (κ2) is 6.06. The number of ether oxygens (including phenoxy) is 1. The monoisotopic (exact) mass is 238 g/mol. The fraction of sp³-hybridized carbons (Fsp3) is 0.176. The van der Waals surface area contributed by atoms with Crippen molar-refractivity contribution in [3.8, 4) is 5.75 Å². The molecule has 0 N–H and O–H groups in total. The molecule has 92 valence electrons. The first kappa shape index (κ1) is 12.4. The third-order valence-corrected chi connectivity index (χ3v) is 2.89. The first-order chi connectivity index (χ1) is 8.83. The molecule has 0 saturated carbocycles. The maximum Gasteiger partial charge on any atom is 0.126 e. The van der Waals surface area contributed by atoms with Crippen molar-refractivity contribution in [3.05, 3.63) is 71.3 Å². The predicted octanol–water partition coefficient (Wildman–Crippen LogP) is 4.32. The molecule has 0 radical (unpaired) electrons. The Kier molecular flexibility index (Phi) is 4.19. The van der Waals surface area contributed by atoms with Crippen LogP contribution in [0.3, 0.4) is 0 Å². The van der Waals surface area contributed by atoms with Crippen molar-refractivity contribution in [2.45, 2.75) is 13.3 Å². The highest BCUT2D eigenvalue weighted by Gasteiger charge is 2.02. The van der Waals surface area contributed by atoms with Gasteiger partial charge in [-0.1, -0.05) is 48.6 Å². The van der Waals surface area contributed by atoms with Gasteiger partial charge in [0.05, 0.1) is 7.11 Å². The van der Waals surface area contributed by atoms with E-state index in [1.165, 1.54) is 11.1 Å². The van der Waals surface area contributed by atoms with Gasteiger partial charge in [0.15, 0.2) is 0 Å². The van der Waals surface area contributed by atoms with Crippen LogP contribution in [-0.2, 0) is 6.42 Å². The zero-order valence-corrected chi connectivity index (χ0v) is 10.9. The van der Waals surface area contributed by atoms with Crippen LogP contribution in [0.25, 0.3) is 6.08 Å². The van der Waals surface area contributed by atoms with E-state index in [9.17, 15) is 0 Å². The predicted molar refractivity (Wildman–Crippen MR) is 77.0 cm³/mol. The third-order valence-electron chi connectivity index (χ3n) is 2.89. The van der Waals surface area contributed by atoms with Crippen molar-refractivity contribution in [3.63, 3.8) is 0 Å². The van der Waals surface area contributed by atoms with Gasteiger partial charge in [0.1, 0.15) is 5.75 Å². The van der Waals surface area contributed by atoms with E-state index in [2.05, 4.69) is 42.5 Å². The topological polar surface area (TPSA) is 9.23 Å². The summed E-state index contributed by atoms with van der Waals surface area (Å²) in [4.78, 5) is 0. The van der Waals surface area contributed by atoms with Gasteiger partial charge in [0, 0.05) is 5.56 Å². The van der Waals surface area contributed by atoms with E-state index in [-0.39, 0.29) is 0 Å². The Morgan fingerprint density at radius 1 is 1.00 bits per heavy atom. The molecular weight excluding hydrogens is 220 g/mol. The Morgan fingerprint density at radius 3 is 2.44 bits per heavy atom. The molecule has 1 nitrogen and oxygen atoms in total. The molecule has 0 aliphatic heterocycles. The maximum atomic E-state index is 5.35. The lowest BCUT2D eigenvalue weighted by Crippen LogP contribution is -1.92. The van der Waals surface area contributed by atoms with Crippen LogP contribution < -0.4 is 4.74 Å². The van der Waals surface area contributed by atoms with Crippen molar-refractivity contribution in [1.82, 2.24) is 0 Å². The van der Waals surface area contributed by atoms with Gasteiger partial charge in [0.25, 0.3) is 0 Å². The van der Waals surface area contributed by atoms with E-state index in [1.54, 1.807) is 7.11 Å². The average molecular weight is 238 g/mol. The molecule has 2 aromatic carbocycles. The standard InChI is InChI=1S/C17H18O/c1-3-7-16-13-15(10-11-17(16)18-2)12-14-8-5-4-6-9-14/h3-11,13H,12H2,1-2H3/b7-3+. The Balaban J connectivity index is 2.27. The number of hydrogen-bond donors (Lipinski definition) is 0. The van der Waals surface area contributed by atoms with Crippen LogP contribution in [0, 0.1) is 0 Å². The molecule has 0 atom stereocenters. The minimum absolute atomic E-state index is 0.921. The van der Waals surface area contributed by atoms with E-state index in [4.69, 9.17) is 4.74 Å². The van der Waals surface area contributed by atoms with Crippen molar-refractivity contribution < 1.29 is 4.74 Å². The Bertz CT molecular complexity index is 527. The van der Waals surface area contributed by atoms with Crippen LogP contribution in [0.5, 0.6) is 5.75 Å².